The van der Waals surface area contributed by atoms with Gasteiger partial charge in [0.1, 0.15) is 11.9 Å². The average molecular weight is 388 g/mol. The van der Waals surface area contributed by atoms with Crippen LogP contribution in [0.4, 0.5) is 0 Å². The van der Waals surface area contributed by atoms with Crippen molar-refractivity contribution in [1.82, 2.24) is 0 Å². The molecule has 3 fully saturated rings. The van der Waals surface area contributed by atoms with E-state index in [1.54, 1.807) is 0 Å². The first kappa shape index (κ1) is 19.7. The van der Waals surface area contributed by atoms with Crippen molar-refractivity contribution in [3.05, 3.63) is 11.6 Å². The van der Waals surface area contributed by atoms with Gasteiger partial charge in [0.2, 0.25) is 0 Å². The van der Waals surface area contributed by atoms with E-state index in [0.29, 0.717) is 35.7 Å². The van der Waals surface area contributed by atoms with E-state index in [1.165, 1.54) is 6.92 Å². The van der Waals surface area contributed by atoms with E-state index in [0.717, 1.165) is 44.1 Å². The number of hydrogen-bond donors (Lipinski definition) is 1. The predicted octanol–water partition coefficient (Wildman–Crippen LogP) is 4.53. The number of ketones is 1. The highest BCUT2D eigenvalue weighted by molar-refractivity contribution is 6.01. The Bertz CT molecular complexity index is 756. The minimum absolute atomic E-state index is 0.0132. The Morgan fingerprint density at radius 3 is 2.68 bits per heavy atom. The van der Waals surface area contributed by atoms with Crippen molar-refractivity contribution in [1.29, 1.82) is 0 Å². The van der Waals surface area contributed by atoms with Gasteiger partial charge in [-0.3, -0.25) is 9.59 Å². The molecule has 5 heteroatoms. The molecular formula is C23H33NO4. The molecule has 28 heavy (non-hydrogen) atoms. The smallest absolute Gasteiger partial charge is 0.302 e. The fourth-order valence-corrected chi connectivity index (χ4v) is 7.57. The predicted molar refractivity (Wildman–Crippen MR) is 106 cm³/mol. The zero-order valence-corrected chi connectivity index (χ0v) is 17.5. The number of ether oxygens (including phenoxy) is 1. The number of oxime groups is 1. The average Bonchev–Trinajstić information content (AvgIpc) is 2.97. The van der Waals surface area contributed by atoms with E-state index < -0.39 is 0 Å². The summed E-state index contributed by atoms with van der Waals surface area (Å²) in [6.45, 7) is 7.84. The Balaban J connectivity index is 1.60. The molecule has 0 bridgehead atoms. The molecule has 0 aromatic rings. The van der Waals surface area contributed by atoms with Crippen LogP contribution < -0.4 is 0 Å². The molecular weight excluding hydrogens is 354 g/mol. The minimum atomic E-state index is -0.202. The summed E-state index contributed by atoms with van der Waals surface area (Å²) in [5.41, 5.74) is 1.53. The first-order chi connectivity index (χ1) is 13.2. The van der Waals surface area contributed by atoms with Gasteiger partial charge in [-0.25, -0.2) is 0 Å². The van der Waals surface area contributed by atoms with Gasteiger partial charge in [-0.15, -0.1) is 0 Å². The van der Waals surface area contributed by atoms with E-state index >= 15 is 0 Å². The van der Waals surface area contributed by atoms with Crippen LogP contribution in [-0.2, 0) is 14.3 Å². The van der Waals surface area contributed by atoms with Gasteiger partial charge in [0, 0.05) is 24.7 Å². The number of hydrogen-bond acceptors (Lipinski definition) is 5. The Kier molecular flexibility index (Phi) is 4.71. The molecule has 4 aliphatic carbocycles. The quantitative estimate of drug-likeness (QED) is 0.327. The zero-order chi connectivity index (χ0) is 20.3. The van der Waals surface area contributed by atoms with Crippen LogP contribution in [0.5, 0.6) is 0 Å². The largest absolute Gasteiger partial charge is 0.463 e. The number of fused-ring (bicyclic) bond motifs is 5. The van der Waals surface area contributed by atoms with Gasteiger partial charge in [-0.1, -0.05) is 25.1 Å². The third kappa shape index (κ3) is 2.76. The van der Waals surface area contributed by atoms with Crippen LogP contribution in [0.2, 0.25) is 0 Å². The first-order valence-corrected chi connectivity index (χ1v) is 10.8. The third-order valence-electron chi connectivity index (χ3n) is 8.76. The summed E-state index contributed by atoms with van der Waals surface area (Å²) in [4.78, 5) is 24.9. The molecule has 0 aromatic carbocycles. The number of rotatable bonds is 2. The number of esters is 1. The Hall–Kier alpha value is -1.65. The molecule has 7 atom stereocenters. The fourth-order valence-electron chi connectivity index (χ4n) is 7.57. The number of Topliss-reactive ketones (excluding diaryl/α,β-unsaturated/α-hetero) is 1. The van der Waals surface area contributed by atoms with Crippen molar-refractivity contribution in [2.75, 3.05) is 0 Å². The van der Waals surface area contributed by atoms with Crippen LogP contribution in [0.15, 0.2) is 16.8 Å². The van der Waals surface area contributed by atoms with Gasteiger partial charge in [0.15, 0.2) is 0 Å². The van der Waals surface area contributed by atoms with Crippen molar-refractivity contribution in [3.63, 3.8) is 0 Å². The molecule has 0 heterocycles. The van der Waals surface area contributed by atoms with Gasteiger partial charge in [0.05, 0.1) is 5.71 Å². The second-order valence-electron chi connectivity index (χ2n) is 10.1. The summed E-state index contributed by atoms with van der Waals surface area (Å²) < 4.78 is 5.52. The molecule has 0 aliphatic heterocycles. The molecule has 0 saturated heterocycles. The van der Waals surface area contributed by atoms with E-state index in [9.17, 15) is 14.8 Å². The lowest BCUT2D eigenvalue weighted by Crippen LogP contribution is -2.57. The molecule has 0 unspecified atom stereocenters. The number of carbonyl (C=O) groups excluding carboxylic acids is 2. The lowest BCUT2D eigenvalue weighted by atomic mass is 9.44. The van der Waals surface area contributed by atoms with Crippen molar-refractivity contribution < 1.29 is 19.5 Å². The summed E-state index contributed by atoms with van der Waals surface area (Å²) in [7, 11) is 0. The van der Waals surface area contributed by atoms with Crippen LogP contribution in [0, 0.1) is 34.5 Å². The highest BCUT2D eigenvalue weighted by Crippen LogP contribution is 2.65. The van der Waals surface area contributed by atoms with Crippen LogP contribution in [0.25, 0.3) is 0 Å². The summed E-state index contributed by atoms with van der Waals surface area (Å²) in [5.74, 6) is 1.61. The maximum atomic E-state index is 13.5. The molecule has 0 radical (unpaired) electrons. The van der Waals surface area contributed by atoms with Crippen molar-refractivity contribution in [2.45, 2.75) is 78.7 Å². The summed E-state index contributed by atoms with van der Waals surface area (Å²) in [6, 6.07) is 0. The fraction of sp³-hybridized carbons (Fsp3) is 0.783. The number of allylic oxidation sites excluding steroid dienone is 2. The SMILES string of the molecule is CC(=O)O[C@H]1CC[C@@]2(C)[C@@H](CC[C@@H]3[C@@H]2C(=O)C[C@]2(C)C(/C(C)=N\O)=CC[C@@H]32)C1. The second kappa shape index (κ2) is 6.70. The van der Waals surface area contributed by atoms with Gasteiger partial charge >= 0.3 is 5.97 Å². The molecule has 0 spiro atoms. The molecule has 1 N–H and O–H groups in total. The highest BCUT2D eigenvalue weighted by Gasteiger charge is 2.62. The van der Waals surface area contributed by atoms with Crippen LogP contribution in [0.3, 0.4) is 0 Å². The van der Waals surface area contributed by atoms with E-state index in [2.05, 4.69) is 25.1 Å². The van der Waals surface area contributed by atoms with Crippen LogP contribution >= 0.6 is 0 Å². The van der Waals surface area contributed by atoms with Gasteiger partial charge < -0.3 is 9.94 Å². The molecule has 5 nitrogen and oxygen atoms in total. The summed E-state index contributed by atoms with van der Waals surface area (Å²) in [6.07, 6.45) is 8.65. The summed E-state index contributed by atoms with van der Waals surface area (Å²) in [5, 5.41) is 12.7. The maximum Gasteiger partial charge on any atom is 0.302 e. The third-order valence-corrected chi connectivity index (χ3v) is 8.76. The van der Waals surface area contributed by atoms with Crippen LogP contribution in [0.1, 0.15) is 72.6 Å². The Morgan fingerprint density at radius 1 is 1.25 bits per heavy atom. The monoisotopic (exact) mass is 387 g/mol. The molecule has 0 amide bonds. The topological polar surface area (TPSA) is 76.0 Å². The second-order valence-corrected chi connectivity index (χ2v) is 10.1. The Morgan fingerprint density at radius 2 is 2.00 bits per heavy atom. The zero-order valence-electron chi connectivity index (χ0n) is 17.5. The lowest BCUT2D eigenvalue weighted by Gasteiger charge is -2.59. The first-order valence-electron chi connectivity index (χ1n) is 10.8. The van der Waals surface area contributed by atoms with Gasteiger partial charge in [-0.05, 0) is 74.2 Å². The molecule has 154 valence electrons. The number of nitrogens with zero attached hydrogens (tertiary/aromatic N) is 1. The van der Waals surface area contributed by atoms with E-state index in [1.807, 2.05) is 6.92 Å². The lowest BCUT2D eigenvalue weighted by molar-refractivity contribution is -0.166. The maximum absolute atomic E-state index is 13.5. The van der Waals surface area contributed by atoms with E-state index in [4.69, 9.17) is 4.74 Å². The highest BCUT2D eigenvalue weighted by atomic mass is 16.5. The van der Waals surface area contributed by atoms with E-state index in [-0.39, 0.29) is 28.8 Å². The summed E-state index contributed by atoms with van der Waals surface area (Å²) >= 11 is 0. The minimum Gasteiger partial charge on any atom is -0.463 e. The molecule has 0 aromatic heterocycles. The van der Waals surface area contributed by atoms with Crippen LogP contribution in [-0.4, -0.2) is 28.8 Å². The Labute approximate surface area is 167 Å². The normalized spacial score (nSPS) is 45.6. The standard InChI is InChI=1S/C23H33NO4/c1-13(24-27)18-7-8-19-17-6-5-15-11-16(28-14(2)25)9-10-22(15,3)21(17)20(26)12-23(18,19)4/h7,15-17,19,21,27H,5-6,8-12H2,1-4H3/b24-13-/t15-,16-,17-,19-,21+,22-,23+/m0/s1. The molecule has 4 aliphatic rings. The van der Waals surface area contributed by atoms with Gasteiger partial charge in [-0.2, -0.15) is 0 Å². The van der Waals surface area contributed by atoms with Crippen molar-refractivity contribution >= 4 is 17.5 Å². The number of carbonyl (C=O) groups is 2. The van der Waals surface area contributed by atoms with Crippen molar-refractivity contribution in [3.8, 4) is 0 Å². The molecule has 3 saturated carbocycles. The van der Waals surface area contributed by atoms with Crippen molar-refractivity contribution in [2.24, 2.45) is 39.7 Å². The van der Waals surface area contributed by atoms with Gasteiger partial charge in [0.25, 0.3) is 0 Å². The molecule has 4 rings (SSSR count).